The molecule has 2 N–H and O–H groups in total. The summed E-state index contributed by atoms with van der Waals surface area (Å²) in [5.74, 6) is -0.0944. The zero-order chi connectivity index (χ0) is 14.8. The first-order chi connectivity index (χ1) is 10.2. The molecule has 21 heavy (non-hydrogen) atoms. The minimum atomic E-state index is -0.388. The van der Waals surface area contributed by atoms with E-state index in [9.17, 15) is 4.39 Å². The predicted octanol–water partition coefficient (Wildman–Crippen LogP) is 2.95. The molecule has 5 heteroatoms. The van der Waals surface area contributed by atoms with E-state index in [2.05, 4.69) is 4.90 Å². The highest BCUT2D eigenvalue weighted by molar-refractivity contribution is 5.70. The maximum absolute atomic E-state index is 13.9. The van der Waals surface area contributed by atoms with E-state index in [-0.39, 0.29) is 11.9 Å². The van der Waals surface area contributed by atoms with Crippen molar-refractivity contribution in [1.82, 2.24) is 0 Å². The predicted molar refractivity (Wildman–Crippen MR) is 81.3 cm³/mol. The van der Waals surface area contributed by atoms with Crippen LogP contribution in [0.2, 0.25) is 0 Å². The van der Waals surface area contributed by atoms with Crippen LogP contribution in [0.15, 0.2) is 12.1 Å². The molecule has 2 aliphatic rings. The lowest BCUT2D eigenvalue weighted by Gasteiger charge is -2.40. The summed E-state index contributed by atoms with van der Waals surface area (Å²) in [5, 5.41) is 0. The SMILES string of the molecule is CCCOc1cc(N2CCOC3CCCC32)c(N)cc1F. The van der Waals surface area contributed by atoms with Gasteiger partial charge in [-0.1, -0.05) is 6.92 Å². The van der Waals surface area contributed by atoms with Gasteiger partial charge in [0.2, 0.25) is 0 Å². The van der Waals surface area contributed by atoms with E-state index in [0.717, 1.165) is 31.5 Å². The monoisotopic (exact) mass is 294 g/mol. The van der Waals surface area contributed by atoms with E-state index < -0.39 is 0 Å². The Hall–Kier alpha value is -1.49. The van der Waals surface area contributed by atoms with Crippen molar-refractivity contribution in [1.29, 1.82) is 0 Å². The lowest BCUT2D eigenvalue weighted by Crippen LogP contribution is -2.48. The molecule has 1 saturated carbocycles. The first-order valence-corrected chi connectivity index (χ1v) is 7.80. The number of halogens is 1. The van der Waals surface area contributed by atoms with Gasteiger partial charge in [-0.25, -0.2) is 4.39 Å². The van der Waals surface area contributed by atoms with Crippen molar-refractivity contribution < 1.29 is 13.9 Å². The summed E-state index contributed by atoms with van der Waals surface area (Å²) < 4.78 is 25.3. The van der Waals surface area contributed by atoms with Crippen molar-refractivity contribution >= 4 is 11.4 Å². The van der Waals surface area contributed by atoms with Gasteiger partial charge in [-0.05, 0) is 25.7 Å². The molecule has 0 spiro atoms. The van der Waals surface area contributed by atoms with Gasteiger partial charge in [0, 0.05) is 18.7 Å². The molecule has 1 saturated heterocycles. The number of hydrogen-bond acceptors (Lipinski definition) is 4. The topological polar surface area (TPSA) is 47.7 Å². The maximum atomic E-state index is 13.9. The van der Waals surface area contributed by atoms with Crippen LogP contribution >= 0.6 is 0 Å². The van der Waals surface area contributed by atoms with Gasteiger partial charge in [0.1, 0.15) is 0 Å². The molecule has 1 aromatic rings. The van der Waals surface area contributed by atoms with Gasteiger partial charge in [-0.15, -0.1) is 0 Å². The van der Waals surface area contributed by atoms with Gasteiger partial charge >= 0.3 is 0 Å². The van der Waals surface area contributed by atoms with Crippen LogP contribution in [0, 0.1) is 5.82 Å². The Morgan fingerprint density at radius 1 is 1.43 bits per heavy atom. The van der Waals surface area contributed by atoms with Gasteiger partial charge in [0.25, 0.3) is 0 Å². The number of benzene rings is 1. The normalized spacial score (nSPS) is 25.0. The Kier molecular flexibility index (Phi) is 4.19. The van der Waals surface area contributed by atoms with Crippen LogP contribution in [0.3, 0.4) is 0 Å². The van der Waals surface area contributed by atoms with Crippen LogP contribution in [0.4, 0.5) is 15.8 Å². The molecule has 3 rings (SSSR count). The van der Waals surface area contributed by atoms with Crippen LogP contribution in [-0.4, -0.2) is 31.9 Å². The molecule has 2 atom stereocenters. The summed E-state index contributed by atoms with van der Waals surface area (Å²) in [6.07, 6.45) is 4.50. The molecule has 1 aliphatic carbocycles. The van der Waals surface area contributed by atoms with Crippen molar-refractivity contribution in [2.45, 2.75) is 44.8 Å². The fraction of sp³-hybridized carbons (Fsp3) is 0.625. The standard InChI is InChI=1S/C16H23FN2O2/c1-2-7-20-16-10-14(12(18)9-11(16)17)19-6-8-21-15-5-3-4-13(15)19/h9-10,13,15H,2-8,18H2,1H3. The molecule has 1 aliphatic heterocycles. The largest absolute Gasteiger partial charge is 0.490 e. The van der Waals surface area contributed by atoms with Crippen LogP contribution in [0.5, 0.6) is 5.75 Å². The number of ether oxygens (including phenoxy) is 2. The molecule has 0 amide bonds. The number of hydrogen-bond donors (Lipinski definition) is 1. The number of nitrogen functional groups attached to an aromatic ring is 1. The molecule has 1 aromatic carbocycles. The fourth-order valence-electron chi connectivity index (χ4n) is 3.35. The van der Waals surface area contributed by atoms with E-state index in [1.54, 1.807) is 6.07 Å². The third kappa shape index (κ3) is 2.79. The fourth-order valence-corrected chi connectivity index (χ4v) is 3.35. The van der Waals surface area contributed by atoms with Crippen molar-refractivity contribution in [3.8, 4) is 5.75 Å². The summed E-state index contributed by atoms with van der Waals surface area (Å²) in [6.45, 7) is 4.00. The molecule has 0 bridgehead atoms. The van der Waals surface area contributed by atoms with Crippen LogP contribution in [0.1, 0.15) is 32.6 Å². The Bertz CT molecular complexity index is 509. The lowest BCUT2D eigenvalue weighted by molar-refractivity contribution is 0.0257. The summed E-state index contributed by atoms with van der Waals surface area (Å²) in [7, 11) is 0. The second kappa shape index (κ2) is 6.10. The number of anilines is 2. The summed E-state index contributed by atoms with van der Waals surface area (Å²) in [5.41, 5.74) is 7.41. The molecule has 4 nitrogen and oxygen atoms in total. The molecule has 2 fully saturated rings. The van der Waals surface area contributed by atoms with E-state index in [0.29, 0.717) is 30.7 Å². The van der Waals surface area contributed by atoms with E-state index in [4.69, 9.17) is 15.2 Å². The number of morpholine rings is 1. The van der Waals surface area contributed by atoms with Crippen molar-refractivity contribution in [2.75, 3.05) is 30.4 Å². The first kappa shape index (κ1) is 14.4. The van der Waals surface area contributed by atoms with Gasteiger partial charge in [-0.3, -0.25) is 0 Å². The van der Waals surface area contributed by atoms with Gasteiger partial charge in [0.15, 0.2) is 11.6 Å². The van der Waals surface area contributed by atoms with Gasteiger partial charge in [0.05, 0.1) is 36.7 Å². The first-order valence-electron chi connectivity index (χ1n) is 7.80. The minimum Gasteiger partial charge on any atom is -0.490 e. The maximum Gasteiger partial charge on any atom is 0.167 e. The number of nitrogens with two attached hydrogens (primary N) is 1. The van der Waals surface area contributed by atoms with E-state index in [1.165, 1.54) is 12.5 Å². The average molecular weight is 294 g/mol. The third-order valence-electron chi connectivity index (χ3n) is 4.33. The molecular weight excluding hydrogens is 271 g/mol. The number of rotatable bonds is 4. The van der Waals surface area contributed by atoms with Gasteiger partial charge in [-0.2, -0.15) is 0 Å². The van der Waals surface area contributed by atoms with E-state index >= 15 is 0 Å². The Balaban J connectivity index is 1.89. The highest BCUT2D eigenvalue weighted by atomic mass is 19.1. The Morgan fingerprint density at radius 2 is 2.29 bits per heavy atom. The average Bonchev–Trinajstić information content (AvgIpc) is 2.95. The Morgan fingerprint density at radius 3 is 3.10 bits per heavy atom. The number of fused-ring (bicyclic) bond motifs is 1. The minimum absolute atomic E-state index is 0.281. The Labute approximate surface area is 125 Å². The van der Waals surface area contributed by atoms with Crippen molar-refractivity contribution in [3.05, 3.63) is 17.9 Å². The smallest absolute Gasteiger partial charge is 0.167 e. The van der Waals surface area contributed by atoms with E-state index in [1.807, 2.05) is 6.92 Å². The van der Waals surface area contributed by atoms with Crippen molar-refractivity contribution in [2.24, 2.45) is 0 Å². The molecule has 0 radical (unpaired) electrons. The molecule has 1 heterocycles. The molecule has 0 aromatic heterocycles. The lowest BCUT2D eigenvalue weighted by atomic mass is 10.1. The zero-order valence-electron chi connectivity index (χ0n) is 12.5. The molecule has 116 valence electrons. The second-order valence-corrected chi connectivity index (χ2v) is 5.79. The quantitative estimate of drug-likeness (QED) is 0.867. The summed E-state index contributed by atoms with van der Waals surface area (Å²) in [4.78, 5) is 2.27. The van der Waals surface area contributed by atoms with Crippen molar-refractivity contribution in [3.63, 3.8) is 0 Å². The van der Waals surface area contributed by atoms with Gasteiger partial charge < -0.3 is 20.1 Å². The highest BCUT2D eigenvalue weighted by Gasteiger charge is 2.37. The van der Waals surface area contributed by atoms with Crippen LogP contribution in [-0.2, 0) is 4.74 Å². The summed E-state index contributed by atoms with van der Waals surface area (Å²) in [6, 6.07) is 3.48. The highest BCUT2D eigenvalue weighted by Crippen LogP contribution is 2.38. The van der Waals surface area contributed by atoms with Crippen LogP contribution < -0.4 is 15.4 Å². The second-order valence-electron chi connectivity index (χ2n) is 5.79. The third-order valence-corrected chi connectivity index (χ3v) is 4.33. The molecular formula is C16H23FN2O2. The molecule has 2 unspecified atom stereocenters. The summed E-state index contributed by atoms with van der Waals surface area (Å²) >= 11 is 0. The zero-order valence-corrected chi connectivity index (χ0v) is 12.5. The number of nitrogens with zero attached hydrogens (tertiary/aromatic N) is 1. The van der Waals surface area contributed by atoms with Crippen LogP contribution in [0.25, 0.3) is 0 Å².